The van der Waals surface area contributed by atoms with Crippen LogP contribution in [0.4, 0.5) is 24.1 Å². The first kappa shape index (κ1) is 30.7. The molecule has 42 heavy (non-hydrogen) atoms. The van der Waals surface area contributed by atoms with Crippen LogP contribution in [0.25, 0.3) is 0 Å². The van der Waals surface area contributed by atoms with Gasteiger partial charge in [-0.05, 0) is 42.7 Å². The van der Waals surface area contributed by atoms with Gasteiger partial charge < -0.3 is 35.1 Å². The summed E-state index contributed by atoms with van der Waals surface area (Å²) in [4.78, 5) is 42.3. The van der Waals surface area contributed by atoms with Gasteiger partial charge in [-0.15, -0.1) is 0 Å². The monoisotopic (exact) mass is 587 g/mol. The van der Waals surface area contributed by atoms with Crippen LogP contribution in [0, 0.1) is 11.6 Å². The largest absolute Gasteiger partial charge is 0.495 e. The Balaban J connectivity index is 1.41. The van der Waals surface area contributed by atoms with Gasteiger partial charge in [-0.1, -0.05) is 18.2 Å². The third-order valence-electron chi connectivity index (χ3n) is 7.26. The molecule has 3 N–H and O–H groups in total. The molecule has 1 saturated heterocycles. The van der Waals surface area contributed by atoms with Gasteiger partial charge in [0.25, 0.3) is 0 Å². The molecular formula is C29H35F2N5O6. The third kappa shape index (κ3) is 6.80. The molecule has 2 aromatic rings. The number of urea groups is 2. The summed E-state index contributed by atoms with van der Waals surface area (Å²) in [6, 6.07) is 7.93. The first-order chi connectivity index (χ1) is 20.3. The lowest BCUT2D eigenvalue weighted by atomic mass is 9.93. The fraction of sp³-hybridized carbons (Fsp3) is 0.414. The second-order valence-electron chi connectivity index (χ2n) is 9.81. The number of methoxy groups -OCH3 is 3. The fourth-order valence-corrected chi connectivity index (χ4v) is 5.23. The van der Waals surface area contributed by atoms with Crippen LogP contribution >= 0.6 is 0 Å². The summed E-state index contributed by atoms with van der Waals surface area (Å²) in [6.07, 6.45) is 1.77. The third-order valence-corrected chi connectivity index (χ3v) is 7.26. The Morgan fingerprint density at radius 1 is 1.02 bits per heavy atom. The minimum atomic E-state index is -1.39. The number of imide groups is 1. The number of para-hydroxylation sites is 2. The summed E-state index contributed by atoms with van der Waals surface area (Å²) in [5.41, 5.74) is 0.970. The van der Waals surface area contributed by atoms with Crippen LogP contribution in [0.2, 0.25) is 0 Å². The van der Waals surface area contributed by atoms with Crippen LogP contribution in [0.3, 0.4) is 0 Å². The van der Waals surface area contributed by atoms with Gasteiger partial charge in [0.05, 0.1) is 37.8 Å². The number of rotatable bonds is 10. The molecule has 2 heterocycles. The standard InChI is InChI=1S/C29H35F2N5O6/c1-40-17-22-25(27(37)42-3)26(18-8-9-20(30)21(31)16-18)36(29(39)34-22)28(38)33-13-12-32-19-10-14-35(15-11-19)23-6-4-5-7-24(23)41-2/h4-9,16,19,26,32H,10-15,17H2,1-3H3,(H,33,38)(H,34,39). The van der Waals surface area contributed by atoms with Crippen molar-refractivity contribution in [2.24, 2.45) is 0 Å². The lowest BCUT2D eigenvalue weighted by Gasteiger charge is -2.37. The second kappa shape index (κ2) is 14.1. The number of amides is 4. The zero-order chi connectivity index (χ0) is 30.2. The van der Waals surface area contributed by atoms with Crippen LogP contribution in [0.15, 0.2) is 53.7 Å². The van der Waals surface area contributed by atoms with Crippen molar-refractivity contribution in [1.29, 1.82) is 0 Å². The molecule has 0 spiro atoms. The van der Waals surface area contributed by atoms with Gasteiger partial charge in [-0.3, -0.25) is 0 Å². The maximum Gasteiger partial charge on any atom is 0.338 e. The highest BCUT2D eigenvalue weighted by Crippen LogP contribution is 2.35. The van der Waals surface area contributed by atoms with E-state index in [1.54, 1.807) is 7.11 Å². The zero-order valence-corrected chi connectivity index (χ0v) is 23.7. The van der Waals surface area contributed by atoms with E-state index in [0.717, 1.165) is 61.5 Å². The summed E-state index contributed by atoms with van der Waals surface area (Å²) in [5, 5.41) is 8.60. The summed E-state index contributed by atoms with van der Waals surface area (Å²) < 4.78 is 43.4. The number of carbonyl (C=O) groups excluding carboxylic acids is 3. The van der Waals surface area contributed by atoms with Crippen molar-refractivity contribution in [2.45, 2.75) is 24.9 Å². The number of benzene rings is 2. The molecule has 226 valence electrons. The van der Waals surface area contributed by atoms with Gasteiger partial charge in [0, 0.05) is 39.3 Å². The van der Waals surface area contributed by atoms with Crippen molar-refractivity contribution >= 4 is 23.7 Å². The molecule has 2 aliphatic heterocycles. The highest BCUT2D eigenvalue weighted by Gasteiger charge is 2.43. The van der Waals surface area contributed by atoms with Gasteiger partial charge in [0.2, 0.25) is 0 Å². The molecule has 1 unspecified atom stereocenters. The molecule has 13 heteroatoms. The fourth-order valence-electron chi connectivity index (χ4n) is 5.23. The lowest BCUT2D eigenvalue weighted by molar-refractivity contribution is -0.137. The van der Waals surface area contributed by atoms with Crippen molar-refractivity contribution in [3.63, 3.8) is 0 Å². The molecule has 4 rings (SSSR count). The molecule has 0 bridgehead atoms. The van der Waals surface area contributed by atoms with E-state index >= 15 is 0 Å². The Morgan fingerprint density at radius 2 is 1.76 bits per heavy atom. The van der Waals surface area contributed by atoms with Gasteiger partial charge >= 0.3 is 18.0 Å². The van der Waals surface area contributed by atoms with Crippen LogP contribution in [0.5, 0.6) is 5.75 Å². The summed E-state index contributed by atoms with van der Waals surface area (Å²) in [7, 11) is 4.14. The molecule has 0 aliphatic carbocycles. The normalized spacial score (nSPS) is 17.6. The number of hydrogen-bond acceptors (Lipinski definition) is 8. The Kier molecular flexibility index (Phi) is 10.3. The predicted octanol–water partition coefficient (Wildman–Crippen LogP) is 3.08. The average molecular weight is 588 g/mol. The SMILES string of the molecule is COCC1=C(C(=O)OC)C(c2ccc(F)c(F)c2)N(C(=O)NCCNC2CCN(c3ccccc3OC)CC2)C(=O)N1. The zero-order valence-electron chi connectivity index (χ0n) is 23.7. The summed E-state index contributed by atoms with van der Waals surface area (Å²) in [6.45, 7) is 2.07. The number of nitrogens with zero attached hydrogens (tertiary/aromatic N) is 2. The molecule has 0 aromatic heterocycles. The van der Waals surface area contributed by atoms with E-state index in [1.165, 1.54) is 13.2 Å². The molecule has 4 amide bonds. The van der Waals surface area contributed by atoms with Crippen molar-refractivity contribution in [1.82, 2.24) is 20.9 Å². The molecular weight excluding hydrogens is 552 g/mol. The van der Waals surface area contributed by atoms with E-state index in [2.05, 4.69) is 20.9 Å². The quantitative estimate of drug-likeness (QED) is 0.287. The molecule has 11 nitrogen and oxygen atoms in total. The predicted molar refractivity (Wildman–Crippen MR) is 150 cm³/mol. The lowest BCUT2D eigenvalue weighted by Crippen LogP contribution is -2.56. The Labute approximate surface area is 242 Å². The molecule has 2 aromatic carbocycles. The van der Waals surface area contributed by atoms with Crippen molar-refractivity contribution in [2.75, 3.05) is 59.0 Å². The first-order valence-electron chi connectivity index (χ1n) is 13.5. The summed E-state index contributed by atoms with van der Waals surface area (Å²) in [5.74, 6) is -2.35. The second-order valence-corrected chi connectivity index (χ2v) is 9.81. The maximum atomic E-state index is 14.2. The van der Waals surface area contributed by atoms with Gasteiger partial charge in [0.1, 0.15) is 11.8 Å². The number of anilines is 1. The minimum absolute atomic E-state index is 0.00725. The average Bonchev–Trinajstić information content (AvgIpc) is 3.00. The van der Waals surface area contributed by atoms with E-state index in [1.807, 2.05) is 24.3 Å². The van der Waals surface area contributed by atoms with E-state index in [-0.39, 0.29) is 36.0 Å². The maximum absolute atomic E-state index is 14.2. The topological polar surface area (TPSA) is 121 Å². The van der Waals surface area contributed by atoms with Gasteiger partial charge in [0.15, 0.2) is 11.6 Å². The van der Waals surface area contributed by atoms with Gasteiger partial charge in [-0.2, -0.15) is 0 Å². The first-order valence-corrected chi connectivity index (χ1v) is 13.5. The van der Waals surface area contributed by atoms with Crippen molar-refractivity contribution in [3.05, 3.63) is 70.9 Å². The van der Waals surface area contributed by atoms with Crippen LogP contribution < -0.4 is 25.6 Å². The van der Waals surface area contributed by atoms with E-state index in [4.69, 9.17) is 14.2 Å². The Hall–Kier alpha value is -4.23. The summed E-state index contributed by atoms with van der Waals surface area (Å²) >= 11 is 0. The molecule has 2 aliphatic rings. The molecule has 0 saturated carbocycles. The Bertz CT molecular complexity index is 1330. The number of carbonyl (C=O) groups is 3. The van der Waals surface area contributed by atoms with Crippen molar-refractivity contribution < 1.29 is 37.4 Å². The molecule has 0 radical (unpaired) electrons. The van der Waals surface area contributed by atoms with E-state index < -0.39 is 35.7 Å². The number of nitrogens with one attached hydrogen (secondary N) is 3. The highest BCUT2D eigenvalue weighted by atomic mass is 19.2. The smallest absolute Gasteiger partial charge is 0.338 e. The number of esters is 1. The Morgan fingerprint density at radius 3 is 2.43 bits per heavy atom. The number of piperidine rings is 1. The molecule has 1 atom stereocenters. The van der Waals surface area contributed by atoms with Crippen molar-refractivity contribution in [3.8, 4) is 5.75 Å². The van der Waals surface area contributed by atoms with Crippen LogP contribution in [0.1, 0.15) is 24.4 Å². The van der Waals surface area contributed by atoms with Crippen LogP contribution in [-0.4, -0.2) is 83.1 Å². The van der Waals surface area contributed by atoms with E-state index in [9.17, 15) is 23.2 Å². The number of hydrogen-bond donors (Lipinski definition) is 3. The number of halogens is 2. The van der Waals surface area contributed by atoms with Crippen LogP contribution in [-0.2, 0) is 14.3 Å². The number of ether oxygens (including phenoxy) is 3. The highest BCUT2D eigenvalue weighted by molar-refractivity contribution is 6.01. The minimum Gasteiger partial charge on any atom is -0.495 e. The van der Waals surface area contributed by atoms with Gasteiger partial charge in [-0.25, -0.2) is 28.1 Å². The van der Waals surface area contributed by atoms with E-state index in [0.29, 0.717) is 6.54 Å². The molecule has 1 fully saturated rings.